The lowest BCUT2D eigenvalue weighted by Crippen LogP contribution is -2.31. The Morgan fingerprint density at radius 3 is 3.00 bits per heavy atom. The molecule has 1 aliphatic carbocycles. The van der Waals surface area contributed by atoms with E-state index in [-0.39, 0.29) is 0 Å². The van der Waals surface area contributed by atoms with Crippen LogP contribution in [0, 0.1) is 5.92 Å². The molecule has 0 spiro atoms. The summed E-state index contributed by atoms with van der Waals surface area (Å²) in [5, 5.41) is 6.90. The van der Waals surface area contributed by atoms with Gasteiger partial charge < -0.3 is 5.32 Å². The summed E-state index contributed by atoms with van der Waals surface area (Å²) in [4.78, 5) is 9.47. The van der Waals surface area contributed by atoms with Crippen LogP contribution in [0.1, 0.15) is 26.2 Å². The number of fused-ring (bicyclic) bond motifs is 1. The smallest absolute Gasteiger partial charge is 0.225 e. The quantitative estimate of drug-likeness (QED) is 0.856. The Bertz CT molecular complexity index is 536. The molecule has 3 nitrogen and oxygen atoms in total. The zero-order valence-corrected chi connectivity index (χ0v) is 11.2. The van der Waals surface area contributed by atoms with Crippen LogP contribution in [0.15, 0.2) is 11.4 Å². The summed E-state index contributed by atoms with van der Waals surface area (Å²) in [5.74, 6) is 1.65. The zero-order chi connectivity index (χ0) is 11.8. The van der Waals surface area contributed by atoms with Gasteiger partial charge in [-0.1, -0.05) is 6.42 Å². The number of anilines is 1. The van der Waals surface area contributed by atoms with Crippen molar-refractivity contribution in [3.63, 3.8) is 0 Å². The van der Waals surface area contributed by atoms with Crippen molar-refractivity contribution in [2.45, 2.75) is 32.2 Å². The van der Waals surface area contributed by atoms with Crippen LogP contribution >= 0.6 is 22.9 Å². The first-order chi connectivity index (χ1) is 8.24. The Kier molecular flexibility index (Phi) is 2.92. The fourth-order valence-corrected chi connectivity index (χ4v) is 3.20. The molecule has 1 unspecified atom stereocenters. The summed E-state index contributed by atoms with van der Waals surface area (Å²) < 4.78 is 0. The lowest BCUT2D eigenvalue weighted by Gasteiger charge is -2.32. The molecule has 2 aromatic heterocycles. The Hall–Kier alpha value is -0.870. The Morgan fingerprint density at radius 2 is 2.29 bits per heavy atom. The van der Waals surface area contributed by atoms with Crippen molar-refractivity contribution in [2.24, 2.45) is 5.92 Å². The number of thiophene rings is 1. The Morgan fingerprint density at radius 1 is 1.47 bits per heavy atom. The second-order valence-electron chi connectivity index (χ2n) is 4.60. The maximum absolute atomic E-state index is 5.94. The van der Waals surface area contributed by atoms with E-state index in [9.17, 15) is 0 Å². The molecule has 5 heteroatoms. The predicted octanol–water partition coefficient (Wildman–Crippen LogP) is 3.95. The lowest BCUT2D eigenvalue weighted by molar-refractivity contribution is 0.285. The average molecular weight is 268 g/mol. The summed E-state index contributed by atoms with van der Waals surface area (Å²) in [6.07, 6.45) is 3.99. The van der Waals surface area contributed by atoms with Crippen LogP contribution in [0.3, 0.4) is 0 Å². The van der Waals surface area contributed by atoms with Crippen LogP contribution in [0.5, 0.6) is 0 Å². The predicted molar refractivity (Wildman–Crippen MR) is 72.9 cm³/mol. The second-order valence-corrected chi connectivity index (χ2v) is 5.84. The molecular weight excluding hydrogens is 254 g/mol. The molecule has 0 aromatic carbocycles. The van der Waals surface area contributed by atoms with E-state index < -0.39 is 0 Å². The maximum Gasteiger partial charge on any atom is 0.225 e. The van der Waals surface area contributed by atoms with Crippen LogP contribution in [0.4, 0.5) is 5.82 Å². The van der Waals surface area contributed by atoms with Crippen molar-refractivity contribution in [3.05, 3.63) is 16.7 Å². The number of hydrogen-bond acceptors (Lipinski definition) is 4. The minimum Gasteiger partial charge on any atom is -0.367 e. The van der Waals surface area contributed by atoms with E-state index in [1.807, 2.05) is 11.4 Å². The maximum atomic E-state index is 5.94. The van der Waals surface area contributed by atoms with Gasteiger partial charge in [-0.2, -0.15) is 0 Å². The highest BCUT2D eigenvalue weighted by Gasteiger charge is 2.24. The molecule has 2 heterocycles. The third-order valence-electron chi connectivity index (χ3n) is 3.52. The highest BCUT2D eigenvalue weighted by atomic mass is 35.5. The standard InChI is InChI=1S/C12H14ClN3S/c1-7(8-3-2-4-8)14-10-9-5-6-17-11(9)16-12(13)15-10/h5-8H,2-4H2,1H3,(H,14,15,16). The number of hydrogen-bond donors (Lipinski definition) is 1. The monoisotopic (exact) mass is 267 g/mol. The number of nitrogens with one attached hydrogen (secondary N) is 1. The third kappa shape index (κ3) is 2.11. The first kappa shape index (κ1) is 11.2. The molecule has 1 atom stereocenters. The van der Waals surface area contributed by atoms with Gasteiger partial charge in [0.15, 0.2) is 0 Å². The molecule has 17 heavy (non-hydrogen) atoms. The summed E-state index contributed by atoms with van der Waals surface area (Å²) in [7, 11) is 0. The van der Waals surface area contributed by atoms with Gasteiger partial charge in [0, 0.05) is 6.04 Å². The molecule has 0 saturated heterocycles. The highest BCUT2D eigenvalue weighted by molar-refractivity contribution is 7.16. The zero-order valence-electron chi connectivity index (χ0n) is 9.61. The first-order valence-electron chi connectivity index (χ1n) is 5.91. The van der Waals surface area contributed by atoms with Crippen molar-refractivity contribution >= 4 is 39.0 Å². The van der Waals surface area contributed by atoms with E-state index >= 15 is 0 Å². The number of aromatic nitrogens is 2. The minimum absolute atomic E-state index is 0.322. The normalized spacial score (nSPS) is 18.0. The first-order valence-corrected chi connectivity index (χ1v) is 7.17. The van der Waals surface area contributed by atoms with Gasteiger partial charge in [0.05, 0.1) is 5.39 Å². The minimum atomic E-state index is 0.322. The van der Waals surface area contributed by atoms with Crippen molar-refractivity contribution in [1.82, 2.24) is 9.97 Å². The number of rotatable bonds is 3. The van der Waals surface area contributed by atoms with E-state index in [2.05, 4.69) is 22.2 Å². The largest absolute Gasteiger partial charge is 0.367 e. The fraction of sp³-hybridized carbons (Fsp3) is 0.500. The summed E-state index contributed by atoms with van der Waals surface area (Å²) in [5.41, 5.74) is 0. The molecule has 1 aliphatic rings. The van der Waals surface area contributed by atoms with E-state index in [4.69, 9.17) is 11.6 Å². The molecule has 1 saturated carbocycles. The SMILES string of the molecule is CC(Nc1nc(Cl)nc2sccc12)C1CCC1. The fourth-order valence-electron chi connectivity index (χ4n) is 2.21. The van der Waals surface area contributed by atoms with Crippen molar-refractivity contribution < 1.29 is 0 Å². The van der Waals surface area contributed by atoms with Crippen LogP contribution < -0.4 is 5.32 Å². The van der Waals surface area contributed by atoms with Crippen molar-refractivity contribution in [2.75, 3.05) is 5.32 Å². The molecule has 2 aromatic rings. The van der Waals surface area contributed by atoms with Crippen LogP contribution in [-0.4, -0.2) is 16.0 Å². The highest BCUT2D eigenvalue weighted by Crippen LogP contribution is 2.33. The molecule has 1 N–H and O–H groups in total. The van der Waals surface area contributed by atoms with Crippen LogP contribution in [-0.2, 0) is 0 Å². The number of nitrogens with zero attached hydrogens (tertiary/aromatic N) is 2. The topological polar surface area (TPSA) is 37.8 Å². The summed E-state index contributed by atoms with van der Waals surface area (Å²) >= 11 is 7.53. The average Bonchev–Trinajstić information content (AvgIpc) is 2.62. The lowest BCUT2D eigenvalue weighted by atomic mass is 9.80. The van der Waals surface area contributed by atoms with E-state index in [1.165, 1.54) is 19.3 Å². The summed E-state index contributed by atoms with van der Waals surface area (Å²) in [6.45, 7) is 2.22. The molecule has 0 radical (unpaired) electrons. The molecule has 3 rings (SSSR count). The van der Waals surface area contributed by atoms with Gasteiger partial charge in [-0.3, -0.25) is 0 Å². The van der Waals surface area contributed by atoms with Gasteiger partial charge in [0.2, 0.25) is 5.28 Å². The van der Waals surface area contributed by atoms with Gasteiger partial charge >= 0.3 is 0 Å². The van der Waals surface area contributed by atoms with Gasteiger partial charge in [-0.25, -0.2) is 9.97 Å². The molecule has 1 fully saturated rings. The molecule has 0 bridgehead atoms. The molecule has 0 amide bonds. The second kappa shape index (κ2) is 4.42. The van der Waals surface area contributed by atoms with Crippen molar-refractivity contribution in [3.8, 4) is 0 Å². The molecular formula is C12H14ClN3S. The van der Waals surface area contributed by atoms with Gasteiger partial charge in [0.1, 0.15) is 10.6 Å². The van der Waals surface area contributed by atoms with E-state index in [0.29, 0.717) is 11.3 Å². The van der Waals surface area contributed by atoms with Crippen LogP contribution in [0.25, 0.3) is 10.2 Å². The van der Waals surface area contributed by atoms with Gasteiger partial charge in [-0.05, 0) is 48.7 Å². The van der Waals surface area contributed by atoms with Crippen molar-refractivity contribution in [1.29, 1.82) is 0 Å². The van der Waals surface area contributed by atoms with E-state index in [1.54, 1.807) is 11.3 Å². The van der Waals surface area contributed by atoms with Crippen LogP contribution in [0.2, 0.25) is 5.28 Å². The molecule has 0 aliphatic heterocycles. The van der Waals surface area contributed by atoms with E-state index in [0.717, 1.165) is 22.0 Å². The van der Waals surface area contributed by atoms with Gasteiger partial charge in [0.25, 0.3) is 0 Å². The summed E-state index contributed by atoms with van der Waals surface area (Å²) in [6, 6.07) is 2.50. The third-order valence-corrected chi connectivity index (χ3v) is 4.49. The van der Waals surface area contributed by atoms with Gasteiger partial charge in [-0.15, -0.1) is 11.3 Å². The number of halogens is 1. The Balaban J connectivity index is 1.90. The molecule has 90 valence electrons. The Labute approximate surface area is 109 Å².